The molecule has 0 saturated heterocycles. The molecule has 1 unspecified atom stereocenters. The molecule has 2 aromatic rings. The lowest BCUT2D eigenvalue weighted by atomic mass is 10.1. The van der Waals surface area contributed by atoms with Crippen molar-refractivity contribution in [2.75, 3.05) is 13.6 Å². The summed E-state index contributed by atoms with van der Waals surface area (Å²) in [4.78, 5) is 16.6. The minimum atomic E-state index is -0.237. The molecule has 0 N–H and O–H groups in total. The quantitative estimate of drug-likeness (QED) is 0.764. The average Bonchev–Trinajstić information content (AvgIpc) is 3.34. The highest BCUT2D eigenvalue weighted by Gasteiger charge is 2.34. The number of halogens is 1. The van der Waals surface area contributed by atoms with Gasteiger partial charge in [-0.05, 0) is 51.9 Å². The molecule has 1 atom stereocenters. The highest BCUT2D eigenvalue weighted by Crippen LogP contribution is 2.29. The number of benzene rings is 1. The van der Waals surface area contributed by atoms with Crippen molar-refractivity contribution in [1.29, 1.82) is 0 Å². The lowest BCUT2D eigenvalue weighted by Crippen LogP contribution is -2.40. The fraction of sp³-hybridized carbons (Fsp3) is 0.450. The largest absolute Gasteiger partial charge is 0.464 e. The van der Waals surface area contributed by atoms with Crippen molar-refractivity contribution in [1.82, 2.24) is 9.80 Å². The Labute approximate surface area is 148 Å². The number of aryl methyl sites for hydroxylation is 1. The van der Waals surface area contributed by atoms with Crippen LogP contribution in [0, 0.1) is 12.7 Å². The first kappa shape index (κ1) is 17.7. The van der Waals surface area contributed by atoms with Crippen LogP contribution in [-0.2, 0) is 11.3 Å². The number of rotatable bonds is 7. The van der Waals surface area contributed by atoms with Gasteiger partial charge in [-0.15, -0.1) is 0 Å². The van der Waals surface area contributed by atoms with Crippen molar-refractivity contribution < 1.29 is 13.6 Å². The van der Waals surface area contributed by atoms with Crippen LogP contribution in [0.25, 0.3) is 0 Å². The molecule has 1 aliphatic rings. The van der Waals surface area contributed by atoms with Crippen LogP contribution in [0.1, 0.15) is 42.9 Å². The monoisotopic (exact) mass is 344 g/mol. The van der Waals surface area contributed by atoms with E-state index in [0.29, 0.717) is 18.2 Å². The maximum absolute atomic E-state index is 14.0. The van der Waals surface area contributed by atoms with Crippen LogP contribution in [0.2, 0.25) is 0 Å². The minimum Gasteiger partial charge on any atom is -0.464 e. The maximum Gasteiger partial charge on any atom is 0.237 e. The van der Waals surface area contributed by atoms with Crippen molar-refractivity contribution in [3.8, 4) is 0 Å². The summed E-state index contributed by atoms with van der Waals surface area (Å²) >= 11 is 0. The van der Waals surface area contributed by atoms with Gasteiger partial charge in [-0.25, -0.2) is 4.39 Å². The summed E-state index contributed by atoms with van der Waals surface area (Å²) in [5.41, 5.74) is 0.609. The van der Waals surface area contributed by atoms with E-state index in [-0.39, 0.29) is 24.3 Å². The van der Waals surface area contributed by atoms with Crippen LogP contribution < -0.4 is 0 Å². The number of amides is 1. The van der Waals surface area contributed by atoms with E-state index in [1.807, 2.05) is 48.9 Å². The van der Waals surface area contributed by atoms with Gasteiger partial charge in [0.2, 0.25) is 5.91 Å². The molecule has 0 bridgehead atoms. The van der Waals surface area contributed by atoms with E-state index in [2.05, 4.69) is 0 Å². The van der Waals surface area contributed by atoms with E-state index < -0.39 is 0 Å². The van der Waals surface area contributed by atoms with Gasteiger partial charge in [0.1, 0.15) is 17.3 Å². The van der Waals surface area contributed by atoms with Crippen molar-refractivity contribution in [3.63, 3.8) is 0 Å². The molecule has 1 amide bonds. The number of carbonyl (C=O) groups is 1. The van der Waals surface area contributed by atoms with Gasteiger partial charge in [0.05, 0.1) is 13.1 Å². The molecule has 1 aromatic carbocycles. The number of hydrogen-bond acceptors (Lipinski definition) is 3. The molecule has 0 spiro atoms. The predicted molar refractivity (Wildman–Crippen MR) is 94.5 cm³/mol. The smallest absolute Gasteiger partial charge is 0.237 e. The second-order valence-electron chi connectivity index (χ2n) is 6.88. The number of nitrogens with zero attached hydrogens (tertiary/aromatic N) is 2. The first-order valence-electron chi connectivity index (χ1n) is 8.75. The molecule has 3 rings (SSSR count). The SMILES string of the molecule is Cc1ccc(CN(C(=O)CN(C)C(C)c2ccccc2F)C2CC2)o1. The van der Waals surface area contributed by atoms with Crippen LogP contribution in [-0.4, -0.2) is 35.3 Å². The topological polar surface area (TPSA) is 36.7 Å². The normalized spacial score (nSPS) is 15.4. The van der Waals surface area contributed by atoms with Gasteiger partial charge in [0.15, 0.2) is 0 Å². The Hall–Kier alpha value is -2.14. The van der Waals surface area contributed by atoms with E-state index in [4.69, 9.17) is 4.42 Å². The third-order valence-corrected chi connectivity index (χ3v) is 4.83. The van der Waals surface area contributed by atoms with Gasteiger partial charge in [-0.3, -0.25) is 9.69 Å². The van der Waals surface area contributed by atoms with Crippen molar-refractivity contribution in [3.05, 3.63) is 59.3 Å². The first-order valence-corrected chi connectivity index (χ1v) is 8.75. The van der Waals surface area contributed by atoms with Gasteiger partial charge >= 0.3 is 0 Å². The van der Waals surface area contributed by atoms with Gasteiger partial charge in [-0.2, -0.15) is 0 Å². The zero-order chi connectivity index (χ0) is 18.0. The molecule has 25 heavy (non-hydrogen) atoms. The summed E-state index contributed by atoms with van der Waals surface area (Å²) in [5, 5.41) is 0. The lowest BCUT2D eigenvalue weighted by Gasteiger charge is -2.28. The number of hydrogen-bond donors (Lipinski definition) is 0. The molecular formula is C20H25FN2O2. The van der Waals surface area contributed by atoms with Gasteiger partial charge < -0.3 is 9.32 Å². The van der Waals surface area contributed by atoms with Crippen molar-refractivity contribution >= 4 is 5.91 Å². The summed E-state index contributed by atoms with van der Waals surface area (Å²) in [6, 6.07) is 10.7. The van der Waals surface area contributed by atoms with Crippen molar-refractivity contribution in [2.24, 2.45) is 0 Å². The van der Waals surface area contributed by atoms with Crippen LogP contribution in [0.15, 0.2) is 40.8 Å². The molecule has 134 valence electrons. The molecule has 1 saturated carbocycles. The molecule has 0 radical (unpaired) electrons. The Morgan fingerprint density at radius 1 is 1.28 bits per heavy atom. The van der Waals surface area contributed by atoms with Gasteiger partial charge in [0, 0.05) is 17.6 Å². The van der Waals surface area contributed by atoms with Crippen LogP contribution >= 0.6 is 0 Å². The summed E-state index contributed by atoms with van der Waals surface area (Å²) in [6.07, 6.45) is 2.08. The molecule has 0 aliphatic heterocycles. The summed E-state index contributed by atoms with van der Waals surface area (Å²) in [7, 11) is 1.86. The van der Waals surface area contributed by atoms with E-state index >= 15 is 0 Å². The minimum absolute atomic E-state index is 0.0576. The van der Waals surface area contributed by atoms with Crippen LogP contribution in [0.4, 0.5) is 4.39 Å². The summed E-state index contributed by atoms with van der Waals surface area (Å²) < 4.78 is 19.6. The van der Waals surface area contributed by atoms with Crippen molar-refractivity contribution in [2.45, 2.75) is 45.3 Å². The van der Waals surface area contributed by atoms with E-state index in [1.54, 1.807) is 12.1 Å². The first-order chi connectivity index (χ1) is 12.0. The predicted octanol–water partition coefficient (Wildman–Crippen LogP) is 3.91. The van der Waals surface area contributed by atoms with Gasteiger partial charge in [-0.1, -0.05) is 18.2 Å². The molecule has 4 nitrogen and oxygen atoms in total. The summed E-state index contributed by atoms with van der Waals surface area (Å²) in [6.45, 7) is 4.57. The standard InChI is InChI=1S/C20H25FN2O2/c1-14-8-11-17(25-14)12-23(16-9-10-16)20(24)13-22(3)15(2)18-6-4-5-7-19(18)21/h4-8,11,15-16H,9-10,12-13H2,1-3H3. The van der Waals surface area contributed by atoms with E-state index in [1.165, 1.54) is 6.07 Å². The lowest BCUT2D eigenvalue weighted by molar-refractivity contribution is -0.134. The number of carbonyl (C=O) groups excluding carboxylic acids is 1. The molecule has 1 heterocycles. The number of furan rings is 1. The Morgan fingerprint density at radius 3 is 2.60 bits per heavy atom. The van der Waals surface area contributed by atoms with Crippen LogP contribution in [0.3, 0.4) is 0 Å². The fourth-order valence-corrected chi connectivity index (χ4v) is 3.04. The fourth-order valence-electron chi connectivity index (χ4n) is 3.04. The second-order valence-corrected chi connectivity index (χ2v) is 6.88. The highest BCUT2D eigenvalue weighted by molar-refractivity contribution is 5.79. The van der Waals surface area contributed by atoms with E-state index in [0.717, 1.165) is 24.4 Å². The highest BCUT2D eigenvalue weighted by atomic mass is 19.1. The molecule has 1 aliphatic carbocycles. The molecule has 1 aromatic heterocycles. The number of likely N-dealkylation sites (N-methyl/N-ethyl adjacent to an activating group) is 1. The maximum atomic E-state index is 14.0. The zero-order valence-electron chi connectivity index (χ0n) is 15.0. The summed E-state index contributed by atoms with van der Waals surface area (Å²) in [5.74, 6) is 1.48. The second kappa shape index (κ2) is 7.40. The van der Waals surface area contributed by atoms with Gasteiger partial charge in [0.25, 0.3) is 0 Å². The molecule has 1 fully saturated rings. The Kier molecular flexibility index (Phi) is 5.23. The molecular weight excluding hydrogens is 319 g/mol. The van der Waals surface area contributed by atoms with Crippen LogP contribution in [0.5, 0.6) is 0 Å². The Balaban J connectivity index is 1.65. The third kappa shape index (κ3) is 4.28. The zero-order valence-corrected chi connectivity index (χ0v) is 15.0. The average molecular weight is 344 g/mol. The van der Waals surface area contributed by atoms with E-state index in [9.17, 15) is 9.18 Å². The third-order valence-electron chi connectivity index (χ3n) is 4.83. The molecule has 5 heteroatoms. The Morgan fingerprint density at radius 2 is 2.00 bits per heavy atom. The Bertz CT molecular complexity index is 739.